The van der Waals surface area contributed by atoms with Crippen LogP contribution >= 0.6 is 0 Å². The van der Waals surface area contributed by atoms with Gasteiger partial charge in [-0.2, -0.15) is 0 Å². The summed E-state index contributed by atoms with van der Waals surface area (Å²) in [7, 11) is 0. The molecule has 0 aliphatic carbocycles. The van der Waals surface area contributed by atoms with Crippen LogP contribution in [0, 0.1) is 0 Å². The maximum atomic E-state index is 12.9. The van der Waals surface area contributed by atoms with Gasteiger partial charge in [0.25, 0.3) is 0 Å². The van der Waals surface area contributed by atoms with Gasteiger partial charge in [0, 0.05) is 6.92 Å². The van der Waals surface area contributed by atoms with Crippen LogP contribution in [0.4, 0.5) is 0 Å². The van der Waals surface area contributed by atoms with Crippen molar-refractivity contribution in [3.8, 4) is 0 Å². The van der Waals surface area contributed by atoms with Crippen molar-refractivity contribution in [2.24, 2.45) is 0 Å². The van der Waals surface area contributed by atoms with Crippen molar-refractivity contribution in [3.05, 3.63) is 215 Å². The van der Waals surface area contributed by atoms with E-state index in [1.807, 2.05) is 146 Å². The third kappa shape index (κ3) is 9.46. The van der Waals surface area contributed by atoms with Crippen molar-refractivity contribution >= 4 is 5.91 Å². The molecule has 55 heavy (non-hydrogen) atoms. The highest BCUT2D eigenvalue weighted by molar-refractivity contribution is 5.73. The largest absolute Gasteiger partial charge is 0.368 e. The Kier molecular flexibility index (Phi) is 12.9. The lowest BCUT2D eigenvalue weighted by molar-refractivity contribution is -0.295. The third-order valence-corrected chi connectivity index (χ3v) is 9.85. The Balaban J connectivity index is 1.30. The lowest BCUT2D eigenvalue weighted by Gasteiger charge is -2.47. The van der Waals surface area contributed by atoms with Crippen LogP contribution in [-0.2, 0) is 53.9 Å². The maximum absolute atomic E-state index is 12.9. The fraction of sp³-hybridized carbons (Fsp3) is 0.229. The molecule has 1 saturated heterocycles. The third-order valence-electron chi connectivity index (χ3n) is 9.85. The number of carbonyl (C=O) groups excluding carboxylic acids is 1. The van der Waals surface area contributed by atoms with Crippen LogP contribution in [0.3, 0.4) is 0 Å². The normalized spacial score (nSPS) is 19.8. The van der Waals surface area contributed by atoms with E-state index >= 15 is 0 Å². The summed E-state index contributed by atoms with van der Waals surface area (Å²) in [5, 5.41) is 3.12. The molecule has 0 unspecified atom stereocenters. The Bertz CT molecular complexity index is 1920. The molecule has 280 valence electrons. The molecule has 1 heterocycles. The SMILES string of the molecule is CC(=O)N[C@H]1[C@@H](OCc2ccccc2)O[C@H](COC(c2ccccc2)(c2ccccc2)c2ccccc2)[C@@H](OCc2ccccc2)[C@@H]1OCc1ccccc1. The monoisotopic (exact) mass is 733 g/mol. The van der Waals surface area contributed by atoms with E-state index in [1.54, 1.807) is 0 Å². The van der Waals surface area contributed by atoms with Crippen molar-refractivity contribution in [3.63, 3.8) is 0 Å². The standard InChI is InChI=1S/C48H47NO6/c1-36(50)49-44-46(52-33-38-22-10-3-11-23-38)45(51-32-37-20-8-2-9-21-37)43(55-47(44)53-34-39-24-12-4-13-25-39)35-54-48(40-26-14-5-15-27-40,41-28-16-6-17-29-41)42-30-18-7-19-31-42/h2-31,43-47H,32-35H2,1H3,(H,49,50)/t43-,44-,45-,46-,47+/m1/s1. The minimum Gasteiger partial charge on any atom is -0.368 e. The minimum absolute atomic E-state index is 0.0985. The van der Waals surface area contributed by atoms with E-state index in [1.165, 1.54) is 6.92 Å². The minimum atomic E-state index is -1.01. The molecule has 1 aliphatic rings. The summed E-state index contributed by atoms with van der Waals surface area (Å²) in [6.45, 7) is 2.43. The molecule has 1 fully saturated rings. The molecule has 1 amide bonds. The van der Waals surface area contributed by atoms with E-state index in [0.29, 0.717) is 6.61 Å². The summed E-state index contributed by atoms with van der Waals surface area (Å²) < 4.78 is 34.5. The van der Waals surface area contributed by atoms with Gasteiger partial charge in [0.05, 0.1) is 26.4 Å². The van der Waals surface area contributed by atoms with E-state index in [4.69, 9.17) is 23.7 Å². The van der Waals surface area contributed by atoms with Crippen LogP contribution in [0.1, 0.15) is 40.3 Å². The number of ether oxygens (including phenoxy) is 5. The highest BCUT2D eigenvalue weighted by atomic mass is 16.7. The quantitative estimate of drug-likeness (QED) is 0.101. The molecule has 7 rings (SSSR count). The fourth-order valence-electron chi connectivity index (χ4n) is 7.23. The van der Waals surface area contributed by atoms with Crippen LogP contribution in [0.15, 0.2) is 182 Å². The summed E-state index contributed by atoms with van der Waals surface area (Å²) in [5.74, 6) is -0.233. The van der Waals surface area contributed by atoms with Crippen LogP contribution in [0.5, 0.6) is 0 Å². The van der Waals surface area contributed by atoms with Crippen molar-refractivity contribution in [2.75, 3.05) is 6.61 Å². The number of hydrogen-bond acceptors (Lipinski definition) is 6. The van der Waals surface area contributed by atoms with Gasteiger partial charge in [-0.05, 0) is 33.4 Å². The second kappa shape index (κ2) is 18.8. The van der Waals surface area contributed by atoms with Crippen LogP contribution in [0.2, 0.25) is 0 Å². The fourth-order valence-corrected chi connectivity index (χ4v) is 7.23. The molecule has 0 saturated carbocycles. The van der Waals surface area contributed by atoms with Crippen LogP contribution < -0.4 is 5.32 Å². The molecule has 0 spiro atoms. The summed E-state index contributed by atoms with van der Waals surface area (Å²) in [5.41, 5.74) is 4.85. The van der Waals surface area contributed by atoms with Gasteiger partial charge in [-0.25, -0.2) is 0 Å². The predicted octanol–water partition coefficient (Wildman–Crippen LogP) is 8.61. The first-order chi connectivity index (χ1) is 27.1. The molecule has 0 bridgehead atoms. The summed E-state index contributed by atoms with van der Waals surface area (Å²) >= 11 is 0. The van der Waals surface area contributed by atoms with E-state index in [-0.39, 0.29) is 25.7 Å². The maximum Gasteiger partial charge on any atom is 0.217 e. The zero-order valence-electron chi connectivity index (χ0n) is 31.0. The second-order valence-corrected chi connectivity index (χ2v) is 13.7. The Morgan fingerprint density at radius 2 is 0.891 bits per heavy atom. The van der Waals surface area contributed by atoms with Gasteiger partial charge < -0.3 is 29.0 Å². The first-order valence-electron chi connectivity index (χ1n) is 18.8. The van der Waals surface area contributed by atoms with Crippen molar-refractivity contribution in [2.45, 2.75) is 63.0 Å². The van der Waals surface area contributed by atoms with Gasteiger partial charge in [0.1, 0.15) is 30.0 Å². The van der Waals surface area contributed by atoms with E-state index in [0.717, 1.165) is 33.4 Å². The number of benzene rings is 6. The zero-order chi connectivity index (χ0) is 37.7. The molecule has 6 aromatic carbocycles. The Hall–Kier alpha value is -5.41. The molecule has 0 radical (unpaired) electrons. The molecule has 6 aromatic rings. The van der Waals surface area contributed by atoms with Crippen molar-refractivity contribution < 1.29 is 28.5 Å². The van der Waals surface area contributed by atoms with Gasteiger partial charge in [-0.15, -0.1) is 0 Å². The average Bonchev–Trinajstić information content (AvgIpc) is 3.24. The highest BCUT2D eigenvalue weighted by Crippen LogP contribution is 2.41. The zero-order valence-corrected chi connectivity index (χ0v) is 31.0. The molecule has 1 aliphatic heterocycles. The number of rotatable bonds is 16. The summed E-state index contributed by atoms with van der Waals surface area (Å²) in [6, 6.07) is 59.9. The molecule has 7 heteroatoms. The lowest BCUT2D eigenvalue weighted by Crippen LogP contribution is -2.66. The smallest absolute Gasteiger partial charge is 0.217 e. The van der Waals surface area contributed by atoms with E-state index in [2.05, 4.69) is 41.7 Å². The number of amides is 1. The van der Waals surface area contributed by atoms with Gasteiger partial charge >= 0.3 is 0 Å². The van der Waals surface area contributed by atoms with Crippen molar-refractivity contribution in [1.29, 1.82) is 0 Å². The topological polar surface area (TPSA) is 75.3 Å². The van der Waals surface area contributed by atoms with Crippen molar-refractivity contribution in [1.82, 2.24) is 5.32 Å². The Labute approximate surface area is 323 Å². The molecule has 0 aromatic heterocycles. The number of nitrogens with one attached hydrogen (secondary N) is 1. The Morgan fingerprint density at radius 3 is 1.29 bits per heavy atom. The van der Waals surface area contributed by atoms with E-state index < -0.39 is 36.2 Å². The van der Waals surface area contributed by atoms with Gasteiger partial charge in [-0.3, -0.25) is 4.79 Å². The van der Waals surface area contributed by atoms with Crippen LogP contribution in [-0.4, -0.2) is 43.2 Å². The lowest BCUT2D eigenvalue weighted by atomic mass is 9.80. The second-order valence-electron chi connectivity index (χ2n) is 13.7. The number of carbonyl (C=O) groups is 1. The molecule has 7 nitrogen and oxygen atoms in total. The van der Waals surface area contributed by atoms with E-state index in [9.17, 15) is 4.79 Å². The first-order valence-corrected chi connectivity index (χ1v) is 18.8. The number of hydrogen-bond donors (Lipinski definition) is 1. The van der Waals surface area contributed by atoms with Gasteiger partial charge in [0.2, 0.25) is 5.91 Å². The van der Waals surface area contributed by atoms with Crippen LogP contribution in [0.25, 0.3) is 0 Å². The summed E-state index contributed by atoms with van der Waals surface area (Å²) in [6.07, 6.45) is -2.95. The molecular formula is C48H47NO6. The van der Waals surface area contributed by atoms with Gasteiger partial charge in [0.15, 0.2) is 6.29 Å². The molecule has 1 N–H and O–H groups in total. The molecule has 5 atom stereocenters. The summed E-state index contributed by atoms with van der Waals surface area (Å²) in [4.78, 5) is 12.9. The van der Waals surface area contributed by atoms with Gasteiger partial charge in [-0.1, -0.05) is 182 Å². The first kappa shape index (κ1) is 37.9. The Morgan fingerprint density at radius 1 is 0.527 bits per heavy atom. The average molecular weight is 734 g/mol. The highest BCUT2D eigenvalue weighted by Gasteiger charge is 2.50. The predicted molar refractivity (Wildman–Crippen MR) is 213 cm³/mol. The molecular weight excluding hydrogens is 687 g/mol.